The second kappa shape index (κ2) is 8.68. The molecule has 4 rings (SSSR count). The van der Waals surface area contributed by atoms with Crippen LogP contribution in [0.1, 0.15) is 86.0 Å². The predicted octanol–water partition coefficient (Wildman–Crippen LogP) is 5.17. The topological polar surface area (TPSA) is 55.8 Å². The van der Waals surface area contributed by atoms with Gasteiger partial charge in [0.05, 0.1) is 12.0 Å². The summed E-state index contributed by atoms with van der Waals surface area (Å²) in [6.45, 7) is 9.85. The molecule has 0 spiro atoms. The summed E-state index contributed by atoms with van der Waals surface area (Å²) >= 11 is 0. The van der Waals surface area contributed by atoms with Crippen LogP contribution in [0.2, 0.25) is 0 Å². The maximum absolute atomic E-state index is 13.0. The number of hydrogen-bond acceptors (Lipinski definition) is 4. The van der Waals surface area contributed by atoms with Gasteiger partial charge < -0.3 is 9.47 Å². The number of cyclic esters (lactones) is 1. The summed E-state index contributed by atoms with van der Waals surface area (Å²) in [6.07, 6.45) is 8.51. The van der Waals surface area contributed by atoms with Crippen molar-refractivity contribution in [2.24, 2.45) is 29.6 Å². The number of esters is 1. The molecule has 31 heavy (non-hydrogen) atoms. The van der Waals surface area contributed by atoms with Crippen LogP contribution in [0.5, 0.6) is 0 Å². The molecule has 4 fully saturated rings. The molecule has 5 nitrogen and oxygen atoms in total. The van der Waals surface area contributed by atoms with Gasteiger partial charge in [0.1, 0.15) is 11.7 Å². The first-order chi connectivity index (χ1) is 14.7. The fourth-order valence-corrected chi connectivity index (χ4v) is 6.59. The van der Waals surface area contributed by atoms with Crippen molar-refractivity contribution in [1.29, 1.82) is 0 Å². The fourth-order valence-electron chi connectivity index (χ4n) is 6.59. The Morgan fingerprint density at radius 2 is 1.81 bits per heavy atom. The molecular formula is C26H39NO4. The van der Waals surface area contributed by atoms with Gasteiger partial charge in [0.25, 0.3) is 0 Å². The van der Waals surface area contributed by atoms with E-state index >= 15 is 0 Å². The molecule has 2 saturated heterocycles. The average molecular weight is 430 g/mol. The van der Waals surface area contributed by atoms with Gasteiger partial charge in [-0.25, -0.2) is 4.79 Å². The lowest BCUT2D eigenvalue weighted by molar-refractivity contribution is -0.144. The third kappa shape index (κ3) is 4.59. The normalized spacial score (nSPS) is 40.2. The maximum Gasteiger partial charge on any atom is 0.411 e. The van der Waals surface area contributed by atoms with Crippen LogP contribution in [0.15, 0.2) is 0 Å². The number of likely N-dealkylation sites (tertiary alicyclic amines) is 1. The van der Waals surface area contributed by atoms with Gasteiger partial charge in [-0.1, -0.05) is 31.1 Å². The highest BCUT2D eigenvalue weighted by atomic mass is 16.6. The van der Waals surface area contributed by atoms with Gasteiger partial charge in [-0.05, 0) is 78.6 Å². The lowest BCUT2D eigenvalue weighted by Gasteiger charge is -2.45. The second-order valence-electron chi connectivity index (χ2n) is 11.3. The van der Waals surface area contributed by atoms with Crippen LogP contribution in [0.25, 0.3) is 0 Å². The Morgan fingerprint density at radius 1 is 1.06 bits per heavy atom. The quantitative estimate of drug-likeness (QED) is 0.394. The number of ether oxygens (including phenoxy) is 2. The number of hydrogen-bond donors (Lipinski definition) is 0. The molecule has 172 valence electrons. The van der Waals surface area contributed by atoms with Crippen LogP contribution in [-0.2, 0) is 14.3 Å². The Labute approximate surface area is 187 Å². The first-order valence-corrected chi connectivity index (χ1v) is 12.4. The summed E-state index contributed by atoms with van der Waals surface area (Å²) in [5.74, 6) is 8.67. The van der Waals surface area contributed by atoms with E-state index in [0.29, 0.717) is 11.8 Å². The van der Waals surface area contributed by atoms with Crippen molar-refractivity contribution in [3.63, 3.8) is 0 Å². The minimum Gasteiger partial charge on any atom is -0.462 e. The number of carbonyl (C=O) groups is 2. The zero-order valence-electron chi connectivity index (χ0n) is 19.9. The molecule has 0 aromatic rings. The van der Waals surface area contributed by atoms with Crippen molar-refractivity contribution in [3.8, 4) is 11.8 Å². The Balaban J connectivity index is 1.60. The van der Waals surface area contributed by atoms with Gasteiger partial charge >= 0.3 is 12.1 Å². The smallest absolute Gasteiger partial charge is 0.411 e. The standard InChI is InChI=1S/C26H39NO4/c1-16-9-8-11-19(27(16)25(29)31-26(3,4)5)13-14-21-20-12-7-6-10-18(20)15-22-23(21)17(2)30-24(22)28/h16-23H,6-12,15H2,1-5H3/t16-,17-,18-,19+,20-,21+,22+,23-/m0/s1. The molecule has 0 aromatic heterocycles. The molecule has 5 heteroatoms. The molecule has 0 unspecified atom stereocenters. The Kier molecular flexibility index (Phi) is 6.30. The van der Waals surface area contributed by atoms with Crippen molar-refractivity contribution in [3.05, 3.63) is 0 Å². The summed E-state index contributed by atoms with van der Waals surface area (Å²) in [6, 6.07) is 0.00842. The molecular weight excluding hydrogens is 390 g/mol. The van der Waals surface area contributed by atoms with Crippen LogP contribution in [0, 0.1) is 41.4 Å². The third-order valence-corrected chi connectivity index (χ3v) is 7.94. The van der Waals surface area contributed by atoms with Gasteiger partial charge in [0, 0.05) is 17.9 Å². The third-order valence-electron chi connectivity index (χ3n) is 7.94. The molecule has 4 aliphatic rings. The second-order valence-corrected chi connectivity index (χ2v) is 11.3. The number of fused-ring (bicyclic) bond motifs is 2. The molecule has 0 N–H and O–H groups in total. The number of piperidine rings is 1. The number of carbonyl (C=O) groups excluding carboxylic acids is 2. The summed E-state index contributed by atoms with van der Waals surface area (Å²) in [4.78, 5) is 27.3. The molecule has 2 saturated carbocycles. The van der Waals surface area contributed by atoms with Crippen molar-refractivity contribution in [2.75, 3.05) is 0 Å². The zero-order chi connectivity index (χ0) is 22.3. The molecule has 8 atom stereocenters. The predicted molar refractivity (Wildman–Crippen MR) is 119 cm³/mol. The van der Waals surface area contributed by atoms with Gasteiger partial charge in [-0.2, -0.15) is 0 Å². The van der Waals surface area contributed by atoms with E-state index in [-0.39, 0.29) is 48.0 Å². The summed E-state index contributed by atoms with van der Waals surface area (Å²) < 4.78 is 11.4. The molecule has 2 aliphatic carbocycles. The van der Waals surface area contributed by atoms with Gasteiger partial charge in [0.15, 0.2) is 0 Å². The van der Waals surface area contributed by atoms with Crippen LogP contribution in [0.4, 0.5) is 4.79 Å². The molecule has 1 amide bonds. The maximum atomic E-state index is 13.0. The van der Waals surface area contributed by atoms with E-state index in [1.54, 1.807) is 0 Å². The zero-order valence-corrected chi connectivity index (χ0v) is 19.9. The largest absolute Gasteiger partial charge is 0.462 e. The van der Waals surface area contributed by atoms with Gasteiger partial charge in [-0.15, -0.1) is 0 Å². The van der Waals surface area contributed by atoms with Crippen LogP contribution < -0.4 is 0 Å². The van der Waals surface area contributed by atoms with Crippen LogP contribution in [0.3, 0.4) is 0 Å². The van der Waals surface area contributed by atoms with E-state index in [4.69, 9.17) is 9.47 Å². The van der Waals surface area contributed by atoms with Crippen molar-refractivity contribution in [2.45, 2.75) is 110 Å². The Hall–Kier alpha value is -1.70. The van der Waals surface area contributed by atoms with E-state index in [1.165, 1.54) is 25.7 Å². The van der Waals surface area contributed by atoms with Crippen molar-refractivity contribution >= 4 is 12.1 Å². The highest BCUT2D eigenvalue weighted by Crippen LogP contribution is 2.52. The van der Waals surface area contributed by atoms with Crippen molar-refractivity contribution in [1.82, 2.24) is 4.90 Å². The van der Waals surface area contributed by atoms with E-state index in [2.05, 4.69) is 18.8 Å². The Morgan fingerprint density at radius 3 is 2.55 bits per heavy atom. The summed E-state index contributed by atoms with van der Waals surface area (Å²) in [7, 11) is 0. The van der Waals surface area contributed by atoms with Crippen LogP contribution in [-0.4, -0.2) is 40.8 Å². The molecule has 2 aliphatic heterocycles. The van der Waals surface area contributed by atoms with Gasteiger partial charge in [-0.3, -0.25) is 9.69 Å². The van der Waals surface area contributed by atoms with Crippen LogP contribution >= 0.6 is 0 Å². The minimum atomic E-state index is -0.519. The Bertz CT molecular complexity index is 760. The first kappa shape index (κ1) is 22.5. The molecule has 0 bridgehead atoms. The monoisotopic (exact) mass is 429 g/mol. The number of amides is 1. The highest BCUT2D eigenvalue weighted by molar-refractivity contribution is 5.75. The van der Waals surface area contributed by atoms with Crippen molar-refractivity contribution < 1.29 is 19.1 Å². The summed E-state index contributed by atoms with van der Waals surface area (Å²) in [5, 5.41) is 0. The van der Waals surface area contributed by atoms with E-state index < -0.39 is 5.60 Å². The lowest BCUT2D eigenvalue weighted by atomic mass is 9.57. The molecule has 0 aromatic carbocycles. The SMILES string of the molecule is C[C@@H]1OC(=O)[C@@H]2C[C@@H]3CCCC[C@@H]3[C@@H](C#C[C@H]3CCC[C@H](C)N3C(=O)OC(C)(C)C)[C@H]12. The fraction of sp³-hybridized carbons (Fsp3) is 0.846. The average Bonchev–Trinajstić information content (AvgIpc) is 2.97. The number of rotatable bonds is 0. The lowest BCUT2D eigenvalue weighted by Crippen LogP contribution is -2.50. The van der Waals surface area contributed by atoms with E-state index in [9.17, 15) is 9.59 Å². The number of nitrogens with zero attached hydrogens (tertiary/aromatic N) is 1. The molecule has 0 radical (unpaired) electrons. The first-order valence-electron chi connectivity index (χ1n) is 12.4. The molecule has 2 heterocycles. The van der Waals surface area contributed by atoms with E-state index in [1.807, 2.05) is 32.6 Å². The van der Waals surface area contributed by atoms with E-state index in [0.717, 1.165) is 25.7 Å². The summed E-state index contributed by atoms with van der Waals surface area (Å²) in [5.41, 5.74) is -0.519. The van der Waals surface area contributed by atoms with Gasteiger partial charge in [0.2, 0.25) is 0 Å². The highest BCUT2D eigenvalue weighted by Gasteiger charge is 2.54. The minimum absolute atomic E-state index is 0.000823.